The standard InChI is InChI=1S/C15H11Cl2N3/c16-10-5-7-11(8-6-10)20-15(18)9-14(19-20)12-3-1-2-4-13(12)17/h1-9H,18H2. The molecule has 20 heavy (non-hydrogen) atoms. The Bertz CT molecular complexity index is 748. The van der Waals surface area contributed by atoms with Crippen LogP contribution < -0.4 is 5.73 Å². The molecule has 2 aromatic carbocycles. The van der Waals surface area contributed by atoms with Gasteiger partial charge in [0.2, 0.25) is 0 Å². The number of anilines is 1. The summed E-state index contributed by atoms with van der Waals surface area (Å²) in [6, 6.07) is 16.7. The number of nitrogens with zero attached hydrogens (tertiary/aromatic N) is 2. The number of halogens is 2. The van der Waals surface area contributed by atoms with E-state index >= 15 is 0 Å². The normalized spacial score (nSPS) is 10.7. The molecule has 0 aliphatic carbocycles. The molecule has 3 rings (SSSR count). The molecular weight excluding hydrogens is 293 g/mol. The Hall–Kier alpha value is -1.97. The number of benzene rings is 2. The van der Waals surface area contributed by atoms with Gasteiger partial charge in [0.1, 0.15) is 5.82 Å². The van der Waals surface area contributed by atoms with Crippen molar-refractivity contribution in [1.82, 2.24) is 9.78 Å². The second-order valence-corrected chi connectivity index (χ2v) is 5.17. The molecule has 0 aliphatic rings. The first-order valence-corrected chi connectivity index (χ1v) is 6.77. The molecular formula is C15H11Cl2N3. The highest BCUT2D eigenvalue weighted by atomic mass is 35.5. The van der Waals surface area contributed by atoms with Crippen LogP contribution in [0.3, 0.4) is 0 Å². The zero-order valence-electron chi connectivity index (χ0n) is 10.4. The lowest BCUT2D eigenvalue weighted by molar-refractivity contribution is 0.895. The van der Waals surface area contributed by atoms with Crippen molar-refractivity contribution < 1.29 is 0 Å². The molecule has 1 heterocycles. The number of hydrogen-bond acceptors (Lipinski definition) is 2. The molecule has 0 fully saturated rings. The monoisotopic (exact) mass is 303 g/mol. The molecule has 3 aromatic rings. The van der Waals surface area contributed by atoms with Crippen molar-refractivity contribution in [3.05, 3.63) is 64.6 Å². The summed E-state index contributed by atoms with van der Waals surface area (Å²) in [5.41, 5.74) is 8.47. The van der Waals surface area contributed by atoms with Crippen molar-refractivity contribution in [3.8, 4) is 16.9 Å². The summed E-state index contributed by atoms with van der Waals surface area (Å²) in [5, 5.41) is 5.82. The number of nitrogen functional groups attached to an aromatic ring is 1. The van der Waals surface area contributed by atoms with Gasteiger partial charge in [-0.25, -0.2) is 4.68 Å². The lowest BCUT2D eigenvalue weighted by atomic mass is 10.1. The van der Waals surface area contributed by atoms with E-state index in [9.17, 15) is 0 Å². The lowest BCUT2D eigenvalue weighted by Crippen LogP contribution is -2.01. The van der Waals surface area contributed by atoms with E-state index in [1.54, 1.807) is 22.9 Å². The minimum Gasteiger partial charge on any atom is -0.384 e. The SMILES string of the molecule is Nc1cc(-c2ccccc2Cl)nn1-c1ccc(Cl)cc1. The van der Waals surface area contributed by atoms with Crippen LogP contribution in [0.2, 0.25) is 10.0 Å². The molecule has 1 aromatic heterocycles. The van der Waals surface area contributed by atoms with Crippen LogP contribution in [-0.4, -0.2) is 9.78 Å². The van der Waals surface area contributed by atoms with Gasteiger partial charge in [0.05, 0.1) is 16.4 Å². The van der Waals surface area contributed by atoms with Crippen LogP contribution in [0.15, 0.2) is 54.6 Å². The maximum Gasteiger partial charge on any atom is 0.127 e. The van der Waals surface area contributed by atoms with Crippen LogP contribution in [-0.2, 0) is 0 Å². The second kappa shape index (κ2) is 5.19. The van der Waals surface area contributed by atoms with Gasteiger partial charge in [-0.3, -0.25) is 0 Å². The fourth-order valence-corrected chi connectivity index (χ4v) is 2.34. The van der Waals surface area contributed by atoms with Gasteiger partial charge >= 0.3 is 0 Å². The molecule has 3 nitrogen and oxygen atoms in total. The average molecular weight is 304 g/mol. The Kier molecular flexibility index (Phi) is 3.38. The van der Waals surface area contributed by atoms with E-state index in [1.165, 1.54) is 0 Å². The quantitative estimate of drug-likeness (QED) is 0.761. The number of nitrogens with two attached hydrogens (primary N) is 1. The van der Waals surface area contributed by atoms with Crippen molar-refractivity contribution in [2.75, 3.05) is 5.73 Å². The van der Waals surface area contributed by atoms with E-state index in [1.807, 2.05) is 36.4 Å². The highest BCUT2D eigenvalue weighted by molar-refractivity contribution is 6.33. The van der Waals surface area contributed by atoms with Gasteiger partial charge in [-0.05, 0) is 30.3 Å². The third kappa shape index (κ3) is 2.38. The maximum absolute atomic E-state index is 6.18. The summed E-state index contributed by atoms with van der Waals surface area (Å²) >= 11 is 12.1. The smallest absolute Gasteiger partial charge is 0.127 e. The minimum atomic E-state index is 0.544. The molecule has 0 amide bonds. The Morgan fingerprint density at radius 2 is 1.65 bits per heavy atom. The molecule has 0 unspecified atom stereocenters. The molecule has 0 spiro atoms. The first kappa shape index (κ1) is 13.0. The van der Waals surface area contributed by atoms with Crippen LogP contribution in [0.5, 0.6) is 0 Å². The van der Waals surface area contributed by atoms with Crippen molar-refractivity contribution in [3.63, 3.8) is 0 Å². The topological polar surface area (TPSA) is 43.8 Å². The van der Waals surface area contributed by atoms with Gasteiger partial charge < -0.3 is 5.73 Å². The van der Waals surface area contributed by atoms with Gasteiger partial charge in [-0.2, -0.15) is 5.10 Å². The van der Waals surface area contributed by atoms with Crippen LogP contribution >= 0.6 is 23.2 Å². The number of aromatic nitrogens is 2. The van der Waals surface area contributed by atoms with E-state index < -0.39 is 0 Å². The van der Waals surface area contributed by atoms with Crippen LogP contribution in [0.1, 0.15) is 0 Å². The van der Waals surface area contributed by atoms with Crippen molar-refractivity contribution in [2.45, 2.75) is 0 Å². The van der Waals surface area contributed by atoms with Crippen LogP contribution in [0.4, 0.5) is 5.82 Å². The third-order valence-electron chi connectivity index (χ3n) is 2.96. The summed E-state index contributed by atoms with van der Waals surface area (Å²) in [4.78, 5) is 0. The first-order valence-electron chi connectivity index (χ1n) is 6.01. The summed E-state index contributed by atoms with van der Waals surface area (Å²) < 4.78 is 1.66. The highest BCUT2D eigenvalue weighted by Gasteiger charge is 2.11. The Balaban J connectivity index is 2.08. The Labute approximate surface area is 126 Å². The summed E-state index contributed by atoms with van der Waals surface area (Å²) in [7, 11) is 0. The van der Waals surface area contributed by atoms with E-state index in [2.05, 4.69) is 5.10 Å². The molecule has 5 heteroatoms. The molecule has 0 saturated carbocycles. The molecule has 0 aliphatic heterocycles. The Morgan fingerprint density at radius 1 is 0.950 bits per heavy atom. The maximum atomic E-state index is 6.18. The van der Waals surface area contributed by atoms with Crippen molar-refractivity contribution in [1.29, 1.82) is 0 Å². The van der Waals surface area contributed by atoms with E-state index in [0.29, 0.717) is 15.9 Å². The summed E-state index contributed by atoms with van der Waals surface area (Å²) in [6.45, 7) is 0. The molecule has 2 N–H and O–H groups in total. The molecule has 0 atom stereocenters. The van der Waals surface area contributed by atoms with Crippen LogP contribution in [0.25, 0.3) is 16.9 Å². The van der Waals surface area contributed by atoms with Crippen LogP contribution in [0, 0.1) is 0 Å². The fourth-order valence-electron chi connectivity index (χ4n) is 1.99. The van der Waals surface area contributed by atoms with Gasteiger partial charge in [0.15, 0.2) is 0 Å². The average Bonchev–Trinajstić information content (AvgIpc) is 2.82. The van der Waals surface area contributed by atoms with E-state index in [0.717, 1.165) is 16.9 Å². The van der Waals surface area contributed by atoms with E-state index in [-0.39, 0.29) is 0 Å². The molecule has 0 radical (unpaired) electrons. The lowest BCUT2D eigenvalue weighted by Gasteiger charge is -2.03. The Morgan fingerprint density at radius 3 is 2.35 bits per heavy atom. The van der Waals surface area contributed by atoms with E-state index in [4.69, 9.17) is 28.9 Å². The predicted octanol–water partition coefficient (Wildman–Crippen LogP) is 4.43. The van der Waals surface area contributed by atoms with Crippen molar-refractivity contribution >= 4 is 29.0 Å². The molecule has 100 valence electrons. The zero-order chi connectivity index (χ0) is 14.1. The summed E-state index contributed by atoms with van der Waals surface area (Å²) in [6.07, 6.45) is 0. The van der Waals surface area contributed by atoms with Gasteiger partial charge in [-0.1, -0.05) is 41.4 Å². The highest BCUT2D eigenvalue weighted by Crippen LogP contribution is 2.29. The van der Waals surface area contributed by atoms with Gasteiger partial charge in [0.25, 0.3) is 0 Å². The molecule has 0 saturated heterocycles. The largest absolute Gasteiger partial charge is 0.384 e. The zero-order valence-corrected chi connectivity index (χ0v) is 11.9. The van der Waals surface area contributed by atoms with Gasteiger partial charge in [0, 0.05) is 16.7 Å². The second-order valence-electron chi connectivity index (χ2n) is 4.32. The number of rotatable bonds is 2. The molecule has 0 bridgehead atoms. The third-order valence-corrected chi connectivity index (χ3v) is 3.54. The summed E-state index contributed by atoms with van der Waals surface area (Å²) in [5.74, 6) is 0.544. The van der Waals surface area contributed by atoms with Gasteiger partial charge in [-0.15, -0.1) is 0 Å². The first-order chi connectivity index (χ1) is 9.65. The minimum absolute atomic E-state index is 0.544. The number of hydrogen-bond donors (Lipinski definition) is 1. The predicted molar refractivity (Wildman–Crippen MR) is 83.4 cm³/mol. The van der Waals surface area contributed by atoms with Crippen molar-refractivity contribution in [2.24, 2.45) is 0 Å². The fraction of sp³-hybridized carbons (Fsp3) is 0.